The van der Waals surface area contributed by atoms with Crippen LogP contribution in [0, 0.1) is 0 Å². The molecule has 0 heterocycles. The second kappa shape index (κ2) is 10.8. The molecule has 3 nitrogen and oxygen atoms in total. The van der Waals surface area contributed by atoms with E-state index >= 15 is 0 Å². The number of ether oxygens (including phenoxy) is 2. The number of nitrogens with one attached hydrogen (secondary N) is 1. The Labute approximate surface area is 150 Å². The van der Waals surface area contributed by atoms with Crippen molar-refractivity contribution in [2.75, 3.05) is 20.3 Å². The van der Waals surface area contributed by atoms with Crippen molar-refractivity contribution in [2.45, 2.75) is 45.6 Å². The number of hydrogen-bond donors (Lipinski definition) is 1. The minimum absolute atomic E-state index is 0. The second-order valence-electron chi connectivity index (χ2n) is 5.56. The number of hydrogen-bond acceptors (Lipinski definition) is 3. The lowest BCUT2D eigenvalue weighted by atomic mass is 9.97. The topological polar surface area (TPSA) is 30.5 Å². The molecule has 130 valence electrons. The third kappa shape index (κ3) is 6.25. The predicted molar refractivity (Wildman–Crippen MR) is 99.3 cm³/mol. The molecule has 1 aromatic carbocycles. The van der Waals surface area contributed by atoms with Gasteiger partial charge in [-0.1, -0.05) is 23.3 Å². The highest BCUT2D eigenvalue weighted by atomic mass is 35.5. The van der Waals surface area contributed by atoms with Gasteiger partial charge in [-0.15, -0.1) is 12.4 Å². The molecule has 0 saturated carbocycles. The quantitative estimate of drug-likeness (QED) is 0.514. The van der Waals surface area contributed by atoms with Crippen molar-refractivity contribution in [1.29, 1.82) is 0 Å². The summed E-state index contributed by atoms with van der Waals surface area (Å²) >= 11 is 6.16. The van der Waals surface area contributed by atoms with E-state index in [1.54, 1.807) is 18.7 Å². The first-order chi connectivity index (χ1) is 10.7. The monoisotopic (exact) mass is 359 g/mol. The first kappa shape index (κ1) is 20.1. The maximum absolute atomic E-state index is 6.16. The molecular formula is C18H27Cl2NO2. The maximum atomic E-state index is 6.16. The van der Waals surface area contributed by atoms with Gasteiger partial charge in [-0.25, -0.2) is 0 Å². The lowest BCUT2D eigenvalue weighted by molar-refractivity contribution is 0.307. The minimum Gasteiger partial charge on any atom is -0.493 e. The van der Waals surface area contributed by atoms with Crippen LogP contribution in [-0.2, 0) is 6.54 Å². The van der Waals surface area contributed by atoms with Crippen LogP contribution in [0.3, 0.4) is 0 Å². The van der Waals surface area contributed by atoms with Crippen molar-refractivity contribution >= 4 is 24.0 Å². The molecule has 1 aliphatic carbocycles. The molecule has 0 aromatic heterocycles. The summed E-state index contributed by atoms with van der Waals surface area (Å²) in [5.41, 5.74) is 2.64. The van der Waals surface area contributed by atoms with E-state index in [-0.39, 0.29) is 12.4 Å². The number of rotatable bonds is 8. The molecule has 23 heavy (non-hydrogen) atoms. The molecule has 1 N–H and O–H groups in total. The van der Waals surface area contributed by atoms with Gasteiger partial charge in [0, 0.05) is 23.2 Å². The molecule has 0 spiro atoms. The van der Waals surface area contributed by atoms with Crippen LogP contribution < -0.4 is 14.8 Å². The highest BCUT2D eigenvalue weighted by molar-refractivity contribution is 6.30. The highest BCUT2D eigenvalue weighted by Gasteiger charge is 2.12. The van der Waals surface area contributed by atoms with Gasteiger partial charge in [0.2, 0.25) is 0 Å². The highest BCUT2D eigenvalue weighted by Crippen LogP contribution is 2.34. The van der Waals surface area contributed by atoms with Crippen LogP contribution in [0.25, 0.3) is 0 Å². The molecule has 0 saturated heterocycles. The first-order valence-electron chi connectivity index (χ1n) is 8.12. The molecule has 1 aromatic rings. The molecule has 1 aliphatic rings. The summed E-state index contributed by atoms with van der Waals surface area (Å²) in [4.78, 5) is 0. The average molecular weight is 360 g/mol. The Balaban J connectivity index is 0.00000264. The largest absolute Gasteiger partial charge is 0.493 e. The fourth-order valence-corrected chi connectivity index (χ4v) is 3.05. The molecule has 5 heteroatoms. The Morgan fingerprint density at radius 2 is 2.09 bits per heavy atom. The van der Waals surface area contributed by atoms with E-state index in [1.807, 2.05) is 13.0 Å². The van der Waals surface area contributed by atoms with Crippen LogP contribution in [0.5, 0.6) is 11.5 Å². The summed E-state index contributed by atoms with van der Waals surface area (Å²) in [5.74, 6) is 1.49. The van der Waals surface area contributed by atoms with Gasteiger partial charge in [0.25, 0.3) is 0 Å². The van der Waals surface area contributed by atoms with Crippen LogP contribution in [0.4, 0.5) is 0 Å². The minimum atomic E-state index is 0. The summed E-state index contributed by atoms with van der Waals surface area (Å²) in [7, 11) is 1.64. The summed E-state index contributed by atoms with van der Waals surface area (Å²) in [5, 5.41) is 4.16. The van der Waals surface area contributed by atoms with Gasteiger partial charge in [-0.05, 0) is 51.6 Å². The molecule has 0 radical (unpaired) electrons. The Kier molecular flexibility index (Phi) is 9.46. The zero-order chi connectivity index (χ0) is 15.8. The lowest BCUT2D eigenvalue weighted by Crippen LogP contribution is -2.16. The third-order valence-corrected chi connectivity index (χ3v) is 4.15. The molecular weight excluding hydrogens is 333 g/mol. The lowest BCUT2D eigenvalue weighted by Gasteiger charge is -2.16. The Morgan fingerprint density at radius 3 is 2.74 bits per heavy atom. The fourth-order valence-electron chi connectivity index (χ4n) is 2.82. The van der Waals surface area contributed by atoms with Crippen molar-refractivity contribution in [1.82, 2.24) is 5.32 Å². The zero-order valence-electron chi connectivity index (χ0n) is 14.0. The number of halogens is 2. The van der Waals surface area contributed by atoms with Crippen molar-refractivity contribution in [3.8, 4) is 11.5 Å². The van der Waals surface area contributed by atoms with Gasteiger partial charge < -0.3 is 14.8 Å². The number of methoxy groups -OCH3 is 1. The molecule has 0 bridgehead atoms. The summed E-state index contributed by atoms with van der Waals surface area (Å²) in [6.07, 6.45) is 8.72. The molecule has 0 unspecified atom stereocenters. The van der Waals surface area contributed by atoms with Gasteiger partial charge >= 0.3 is 0 Å². The predicted octanol–water partition coefficient (Wildman–Crippen LogP) is 5.15. The van der Waals surface area contributed by atoms with E-state index in [0.717, 1.165) is 30.8 Å². The van der Waals surface area contributed by atoms with Gasteiger partial charge in [0.15, 0.2) is 11.5 Å². The van der Waals surface area contributed by atoms with Gasteiger partial charge in [0.1, 0.15) is 0 Å². The van der Waals surface area contributed by atoms with E-state index in [1.165, 1.54) is 25.7 Å². The van der Waals surface area contributed by atoms with Crippen LogP contribution in [0.2, 0.25) is 5.02 Å². The van der Waals surface area contributed by atoms with Crippen molar-refractivity contribution < 1.29 is 9.47 Å². The summed E-state index contributed by atoms with van der Waals surface area (Å²) in [6, 6.07) is 3.74. The van der Waals surface area contributed by atoms with Gasteiger partial charge in [-0.3, -0.25) is 0 Å². The Morgan fingerprint density at radius 1 is 1.26 bits per heavy atom. The van der Waals surface area contributed by atoms with Gasteiger partial charge in [0.05, 0.1) is 13.7 Å². The van der Waals surface area contributed by atoms with Crippen LogP contribution in [0.15, 0.2) is 23.8 Å². The van der Waals surface area contributed by atoms with E-state index in [9.17, 15) is 0 Å². The standard InChI is InChI=1S/C18H26ClNO2.ClH/c1-3-22-18-15(11-16(19)12-17(18)21-2)13-20-10-9-14-7-5-4-6-8-14;/h7,11-12,20H,3-6,8-10,13H2,1-2H3;1H. The Hall–Kier alpha value is -0.900. The van der Waals surface area contributed by atoms with Crippen LogP contribution in [-0.4, -0.2) is 20.3 Å². The fraction of sp³-hybridized carbons (Fsp3) is 0.556. The molecule has 0 amide bonds. The average Bonchev–Trinajstić information content (AvgIpc) is 2.54. The van der Waals surface area contributed by atoms with Crippen molar-refractivity contribution in [2.24, 2.45) is 0 Å². The second-order valence-corrected chi connectivity index (χ2v) is 6.00. The van der Waals surface area contributed by atoms with Gasteiger partial charge in [-0.2, -0.15) is 0 Å². The molecule has 0 fully saturated rings. The molecule has 2 rings (SSSR count). The maximum Gasteiger partial charge on any atom is 0.165 e. The van der Waals surface area contributed by atoms with E-state index in [4.69, 9.17) is 21.1 Å². The summed E-state index contributed by atoms with van der Waals surface area (Å²) < 4.78 is 11.1. The van der Waals surface area contributed by atoms with Crippen molar-refractivity contribution in [3.63, 3.8) is 0 Å². The number of allylic oxidation sites excluding steroid dienone is 1. The van der Waals surface area contributed by atoms with E-state index < -0.39 is 0 Å². The zero-order valence-corrected chi connectivity index (χ0v) is 15.6. The summed E-state index contributed by atoms with van der Waals surface area (Å²) in [6.45, 7) is 4.30. The molecule has 0 aliphatic heterocycles. The van der Waals surface area contributed by atoms with E-state index in [2.05, 4.69) is 11.4 Å². The SMILES string of the molecule is CCOc1c(CNCCC2=CCCCC2)cc(Cl)cc1OC.Cl. The Bertz CT molecular complexity index is 518. The molecule has 0 atom stereocenters. The van der Waals surface area contributed by atoms with Crippen LogP contribution in [0.1, 0.15) is 44.6 Å². The van der Waals surface area contributed by atoms with E-state index in [0.29, 0.717) is 17.4 Å². The smallest absolute Gasteiger partial charge is 0.165 e. The number of benzene rings is 1. The third-order valence-electron chi connectivity index (χ3n) is 3.93. The normalized spacial score (nSPS) is 14.0. The first-order valence-corrected chi connectivity index (χ1v) is 8.50. The van der Waals surface area contributed by atoms with Crippen molar-refractivity contribution in [3.05, 3.63) is 34.4 Å². The van der Waals surface area contributed by atoms with Crippen LogP contribution >= 0.6 is 24.0 Å².